The lowest BCUT2D eigenvalue weighted by atomic mass is 10.1. The second-order valence-electron chi connectivity index (χ2n) is 8.63. The second kappa shape index (κ2) is 9.68. The highest BCUT2D eigenvalue weighted by Gasteiger charge is 2.24. The number of carbonyl (C=O) groups is 1. The fourth-order valence-electron chi connectivity index (χ4n) is 4.25. The van der Waals surface area contributed by atoms with Gasteiger partial charge in [-0.25, -0.2) is 14.5 Å². The smallest absolute Gasteiger partial charge is 0.267 e. The number of aryl methyl sites for hydroxylation is 1. The molecule has 0 spiro atoms. The summed E-state index contributed by atoms with van der Waals surface area (Å²) in [6.45, 7) is 5.08. The van der Waals surface area contributed by atoms with Crippen LogP contribution in [-0.4, -0.2) is 41.3 Å². The van der Waals surface area contributed by atoms with Crippen molar-refractivity contribution in [2.24, 2.45) is 0 Å². The predicted octanol–water partition coefficient (Wildman–Crippen LogP) is 2.96. The maximum absolute atomic E-state index is 13.9. The van der Waals surface area contributed by atoms with Crippen LogP contribution in [0.15, 0.2) is 71.8 Å². The van der Waals surface area contributed by atoms with Crippen LogP contribution >= 0.6 is 0 Å². The fourth-order valence-corrected chi connectivity index (χ4v) is 4.25. The van der Waals surface area contributed by atoms with Crippen LogP contribution in [0.2, 0.25) is 0 Å². The first kappa shape index (κ1) is 23.9. The molecule has 0 saturated carbocycles. The van der Waals surface area contributed by atoms with Crippen molar-refractivity contribution in [3.05, 3.63) is 100.0 Å². The highest BCUT2D eigenvalue weighted by atomic mass is 16.3. The van der Waals surface area contributed by atoms with E-state index in [0.29, 0.717) is 44.9 Å². The molecule has 2 N–H and O–H groups in total. The molecule has 0 fully saturated rings. The van der Waals surface area contributed by atoms with Crippen molar-refractivity contribution in [2.45, 2.75) is 32.9 Å². The van der Waals surface area contributed by atoms with Gasteiger partial charge >= 0.3 is 0 Å². The van der Waals surface area contributed by atoms with Crippen LogP contribution in [0.3, 0.4) is 0 Å². The Kier molecular flexibility index (Phi) is 6.26. The number of para-hydroxylation sites is 1. The zero-order valence-electron chi connectivity index (χ0n) is 20.5. The van der Waals surface area contributed by atoms with Gasteiger partial charge in [-0.05, 0) is 51.1 Å². The van der Waals surface area contributed by atoms with Crippen LogP contribution < -0.4 is 10.9 Å². The van der Waals surface area contributed by atoms with Gasteiger partial charge in [0.25, 0.3) is 11.5 Å². The van der Waals surface area contributed by atoms with E-state index in [2.05, 4.69) is 27.2 Å². The van der Waals surface area contributed by atoms with E-state index in [0.717, 1.165) is 0 Å². The van der Waals surface area contributed by atoms with E-state index < -0.39 is 12.1 Å². The van der Waals surface area contributed by atoms with Gasteiger partial charge in [-0.1, -0.05) is 36.1 Å². The third-order valence-electron chi connectivity index (χ3n) is 5.89. The van der Waals surface area contributed by atoms with E-state index >= 15 is 0 Å². The number of carbonyl (C=O) groups excluding carboxylic acids is 1. The average molecular weight is 493 g/mol. The summed E-state index contributed by atoms with van der Waals surface area (Å²) < 4.78 is 3.04. The zero-order valence-corrected chi connectivity index (χ0v) is 20.5. The van der Waals surface area contributed by atoms with Gasteiger partial charge in [-0.15, -0.1) is 0 Å². The molecule has 5 aromatic rings. The molecule has 0 aliphatic heterocycles. The minimum absolute atomic E-state index is 0.323. The number of nitrogens with zero attached hydrogens (tertiary/aromatic N) is 5. The summed E-state index contributed by atoms with van der Waals surface area (Å²) in [6, 6.07) is 15.4. The maximum Gasteiger partial charge on any atom is 0.267 e. The lowest BCUT2D eigenvalue weighted by Crippen LogP contribution is -2.33. The molecule has 9 nitrogen and oxygen atoms in total. The van der Waals surface area contributed by atoms with Gasteiger partial charge in [-0.2, -0.15) is 5.10 Å². The Bertz CT molecular complexity index is 1760. The number of nitrogens with one attached hydrogen (secondary N) is 1. The Morgan fingerprint density at radius 3 is 2.62 bits per heavy atom. The molecule has 0 aliphatic carbocycles. The van der Waals surface area contributed by atoms with E-state index in [1.807, 2.05) is 18.2 Å². The van der Waals surface area contributed by atoms with Gasteiger partial charge in [0.2, 0.25) is 0 Å². The second-order valence-corrected chi connectivity index (χ2v) is 8.63. The first-order valence-electron chi connectivity index (χ1n) is 11.8. The average Bonchev–Trinajstić information content (AvgIpc) is 3.23. The number of hydrogen-bond donors (Lipinski definition) is 2. The minimum atomic E-state index is -0.841. The number of aliphatic hydroxyl groups is 1. The molecule has 0 aliphatic rings. The number of rotatable bonds is 4. The quantitative estimate of drug-likeness (QED) is 0.373. The summed E-state index contributed by atoms with van der Waals surface area (Å²) in [5, 5.41) is 17.3. The molecule has 2 atom stereocenters. The van der Waals surface area contributed by atoms with Crippen LogP contribution in [0.1, 0.15) is 47.3 Å². The van der Waals surface area contributed by atoms with Crippen LogP contribution in [0.5, 0.6) is 0 Å². The van der Waals surface area contributed by atoms with Crippen molar-refractivity contribution in [2.75, 3.05) is 0 Å². The van der Waals surface area contributed by atoms with Gasteiger partial charge in [0.1, 0.15) is 17.5 Å². The highest BCUT2D eigenvalue weighted by molar-refractivity contribution is 6.01. The molecule has 3 aromatic heterocycles. The molecule has 37 heavy (non-hydrogen) atoms. The molecule has 0 unspecified atom stereocenters. The number of benzene rings is 2. The Morgan fingerprint density at radius 2 is 1.86 bits per heavy atom. The molecule has 184 valence electrons. The van der Waals surface area contributed by atoms with Crippen LogP contribution in [0.4, 0.5) is 0 Å². The number of amides is 1. The summed E-state index contributed by atoms with van der Waals surface area (Å²) in [6.07, 6.45) is 2.49. The summed E-state index contributed by atoms with van der Waals surface area (Å²) in [4.78, 5) is 36.4. The van der Waals surface area contributed by atoms with E-state index in [9.17, 15) is 14.7 Å². The van der Waals surface area contributed by atoms with Crippen molar-refractivity contribution in [1.29, 1.82) is 0 Å². The van der Waals surface area contributed by atoms with E-state index in [1.165, 1.54) is 4.57 Å². The number of hydrogen-bond acceptors (Lipinski definition) is 6. The van der Waals surface area contributed by atoms with Crippen molar-refractivity contribution in [3.63, 3.8) is 0 Å². The third kappa shape index (κ3) is 4.46. The summed E-state index contributed by atoms with van der Waals surface area (Å²) >= 11 is 0. The van der Waals surface area contributed by atoms with Gasteiger partial charge in [0.05, 0.1) is 28.3 Å². The minimum Gasteiger partial charge on any atom is -0.381 e. The Labute approximate surface area is 212 Å². The van der Waals surface area contributed by atoms with Crippen molar-refractivity contribution in [1.82, 2.24) is 29.5 Å². The van der Waals surface area contributed by atoms with Crippen molar-refractivity contribution < 1.29 is 9.90 Å². The van der Waals surface area contributed by atoms with Crippen molar-refractivity contribution >= 4 is 22.5 Å². The summed E-state index contributed by atoms with van der Waals surface area (Å²) in [5.41, 5.74) is 2.53. The van der Waals surface area contributed by atoms with Crippen LogP contribution in [0, 0.1) is 18.8 Å². The zero-order chi connectivity index (χ0) is 26.1. The molecule has 0 radical (unpaired) electrons. The Balaban J connectivity index is 1.66. The van der Waals surface area contributed by atoms with Gasteiger partial charge < -0.3 is 10.4 Å². The molecule has 2 aromatic carbocycles. The van der Waals surface area contributed by atoms with Crippen LogP contribution in [0.25, 0.3) is 22.2 Å². The maximum atomic E-state index is 13.9. The fraction of sp³-hybridized carbons (Fsp3) is 0.179. The van der Waals surface area contributed by atoms with E-state index in [4.69, 9.17) is 4.98 Å². The largest absolute Gasteiger partial charge is 0.381 e. The summed E-state index contributed by atoms with van der Waals surface area (Å²) in [5.74, 6) is 5.58. The summed E-state index contributed by atoms with van der Waals surface area (Å²) in [7, 11) is 0. The molecule has 0 saturated heterocycles. The number of aromatic nitrogens is 5. The lowest BCUT2D eigenvalue weighted by Gasteiger charge is -2.20. The number of aliphatic hydroxyl groups excluding tert-OH is 1. The first-order chi connectivity index (χ1) is 17.8. The molecule has 9 heteroatoms. The van der Waals surface area contributed by atoms with E-state index in [1.54, 1.807) is 74.1 Å². The molecule has 0 bridgehead atoms. The van der Waals surface area contributed by atoms with Gasteiger partial charge in [-0.3, -0.25) is 14.2 Å². The predicted molar refractivity (Wildman–Crippen MR) is 140 cm³/mol. The van der Waals surface area contributed by atoms with Gasteiger partial charge in [0, 0.05) is 18.0 Å². The molecular formula is C28H24N6O3. The molecule has 5 rings (SSSR count). The van der Waals surface area contributed by atoms with E-state index in [-0.39, 0.29) is 11.5 Å². The Hall–Kier alpha value is -4.81. The first-order valence-corrected chi connectivity index (χ1v) is 11.8. The van der Waals surface area contributed by atoms with Crippen LogP contribution in [-0.2, 0) is 0 Å². The monoisotopic (exact) mass is 492 g/mol. The molecular weight excluding hydrogens is 468 g/mol. The Morgan fingerprint density at radius 1 is 1.08 bits per heavy atom. The highest BCUT2D eigenvalue weighted by Crippen LogP contribution is 2.21. The SMILES string of the molecule is Cc1nn2cccnc2c1C(=O)N[C@@H](C)c1nc2cccc(C#C[C@@H](C)O)c2c(=O)n1-c1ccccc1. The molecule has 3 heterocycles. The number of fused-ring (bicyclic) bond motifs is 2. The lowest BCUT2D eigenvalue weighted by molar-refractivity contribution is 0.0938. The topological polar surface area (TPSA) is 114 Å². The standard InChI is InChI=1S/C28H24N6O3/c1-17(35)13-14-20-9-7-12-22-24(20)28(37)34(21-10-5-4-6-11-21)25(31-22)19(3)30-27(36)23-18(2)32-33-16-8-15-29-26(23)33/h4-12,15-17,19,35H,1-3H3,(H,30,36)/t17-,19+/m1/s1. The van der Waals surface area contributed by atoms with Crippen molar-refractivity contribution in [3.8, 4) is 17.5 Å². The third-order valence-corrected chi connectivity index (χ3v) is 5.89. The normalized spacial score (nSPS) is 12.6. The van der Waals surface area contributed by atoms with Gasteiger partial charge in [0.15, 0.2) is 5.65 Å². The molecule has 1 amide bonds.